The topological polar surface area (TPSA) is 27.0 Å². The van der Waals surface area contributed by atoms with Crippen LogP contribution in [0.3, 0.4) is 0 Å². The zero-order valence-corrected chi connectivity index (χ0v) is 8.28. The molecule has 1 aliphatic rings. The van der Waals surface area contributed by atoms with Gasteiger partial charge >= 0.3 is 0 Å². The van der Waals surface area contributed by atoms with Gasteiger partial charge in [0.1, 0.15) is 5.82 Å². The Kier molecular flexibility index (Phi) is 2.79. The molecule has 0 bridgehead atoms. The van der Waals surface area contributed by atoms with Crippen LogP contribution >= 0.6 is 0 Å². The highest BCUT2D eigenvalue weighted by Gasteiger charge is 2.10. The first kappa shape index (κ1) is 9.88. The maximum absolute atomic E-state index is 13.5. The van der Waals surface area contributed by atoms with Crippen LogP contribution < -0.4 is 0 Å². The number of hydrogen-bond donors (Lipinski definition) is 0. The van der Waals surface area contributed by atoms with Gasteiger partial charge in [-0.15, -0.1) is 0 Å². The Balaban J connectivity index is 2.12. The molecule has 0 radical (unpaired) electrons. The molecule has 1 aliphatic heterocycles. The maximum atomic E-state index is 13.5. The molecule has 76 valence electrons. The summed E-state index contributed by atoms with van der Waals surface area (Å²) in [5, 5.41) is 8.60. The van der Waals surface area contributed by atoms with E-state index in [0.29, 0.717) is 17.7 Å². The normalized spacial score (nSPS) is 15.5. The fourth-order valence-electron chi connectivity index (χ4n) is 1.64. The average Bonchev–Trinajstić information content (AvgIpc) is 2.74. The van der Waals surface area contributed by atoms with Crippen LogP contribution in [0.1, 0.15) is 11.1 Å². The van der Waals surface area contributed by atoms with E-state index in [-0.39, 0.29) is 5.82 Å². The molecule has 3 heteroatoms. The summed E-state index contributed by atoms with van der Waals surface area (Å²) in [5.41, 5.74) is 1.02. The molecular formula is C12H11FN2. The molecule has 1 aromatic rings. The van der Waals surface area contributed by atoms with Crippen molar-refractivity contribution in [1.82, 2.24) is 4.90 Å². The Morgan fingerprint density at radius 2 is 2.07 bits per heavy atom. The first-order valence-corrected chi connectivity index (χ1v) is 4.85. The standard InChI is InChI=1S/C12H11FN2/c13-12-7-10(8-14)3-4-11(12)9-15-5-1-2-6-15/h1-4,7H,5-6,9H2. The van der Waals surface area contributed by atoms with Gasteiger partial charge in [0.05, 0.1) is 11.6 Å². The van der Waals surface area contributed by atoms with Gasteiger partial charge in [0.15, 0.2) is 0 Å². The third-order valence-electron chi connectivity index (χ3n) is 2.47. The largest absolute Gasteiger partial charge is 0.292 e. The number of hydrogen-bond acceptors (Lipinski definition) is 2. The fraction of sp³-hybridized carbons (Fsp3) is 0.250. The molecular weight excluding hydrogens is 191 g/mol. The quantitative estimate of drug-likeness (QED) is 0.686. The first-order chi connectivity index (χ1) is 7.29. The molecule has 0 fully saturated rings. The second kappa shape index (κ2) is 4.24. The van der Waals surface area contributed by atoms with Gasteiger partial charge in [-0.1, -0.05) is 18.2 Å². The van der Waals surface area contributed by atoms with Crippen LogP contribution in [-0.4, -0.2) is 18.0 Å². The first-order valence-electron chi connectivity index (χ1n) is 4.85. The van der Waals surface area contributed by atoms with E-state index in [1.165, 1.54) is 6.07 Å². The number of benzene rings is 1. The Morgan fingerprint density at radius 3 is 2.67 bits per heavy atom. The van der Waals surface area contributed by atoms with Crippen LogP contribution in [0.2, 0.25) is 0 Å². The highest BCUT2D eigenvalue weighted by atomic mass is 19.1. The molecule has 0 aromatic heterocycles. The van der Waals surface area contributed by atoms with Crippen LogP contribution in [0.5, 0.6) is 0 Å². The summed E-state index contributed by atoms with van der Waals surface area (Å²) in [6.07, 6.45) is 4.14. The predicted molar refractivity (Wildman–Crippen MR) is 55.5 cm³/mol. The summed E-state index contributed by atoms with van der Waals surface area (Å²) in [5.74, 6) is -0.291. The van der Waals surface area contributed by atoms with Crippen LogP contribution in [0.25, 0.3) is 0 Å². The number of nitrogens with zero attached hydrogens (tertiary/aromatic N) is 2. The third kappa shape index (κ3) is 2.23. The van der Waals surface area contributed by atoms with Gasteiger partial charge in [0.2, 0.25) is 0 Å². The van der Waals surface area contributed by atoms with Crippen molar-refractivity contribution in [3.05, 3.63) is 47.3 Å². The van der Waals surface area contributed by atoms with Crippen molar-refractivity contribution in [2.24, 2.45) is 0 Å². The molecule has 15 heavy (non-hydrogen) atoms. The Bertz CT molecular complexity index is 424. The number of rotatable bonds is 2. The molecule has 0 amide bonds. The Labute approximate surface area is 88.2 Å². The number of halogens is 1. The van der Waals surface area contributed by atoms with Gasteiger partial charge in [-0.05, 0) is 12.1 Å². The minimum Gasteiger partial charge on any atom is -0.292 e. The zero-order chi connectivity index (χ0) is 10.7. The van der Waals surface area contributed by atoms with E-state index in [0.717, 1.165) is 13.1 Å². The summed E-state index contributed by atoms with van der Waals surface area (Å²) in [4.78, 5) is 2.13. The van der Waals surface area contributed by atoms with Gasteiger partial charge in [-0.25, -0.2) is 4.39 Å². The van der Waals surface area contributed by atoms with Crippen molar-refractivity contribution >= 4 is 0 Å². The lowest BCUT2D eigenvalue weighted by Gasteiger charge is -2.14. The zero-order valence-electron chi connectivity index (χ0n) is 8.28. The molecule has 1 heterocycles. The van der Waals surface area contributed by atoms with Gasteiger partial charge < -0.3 is 0 Å². The van der Waals surface area contributed by atoms with Crippen molar-refractivity contribution in [1.29, 1.82) is 5.26 Å². The second-order valence-corrected chi connectivity index (χ2v) is 3.58. The molecule has 0 N–H and O–H groups in total. The lowest BCUT2D eigenvalue weighted by atomic mass is 10.1. The molecule has 0 saturated carbocycles. The molecule has 0 unspecified atom stereocenters. The molecule has 0 saturated heterocycles. The van der Waals surface area contributed by atoms with E-state index in [9.17, 15) is 4.39 Å². The monoisotopic (exact) mass is 202 g/mol. The third-order valence-corrected chi connectivity index (χ3v) is 2.47. The van der Waals surface area contributed by atoms with Crippen molar-refractivity contribution in [2.75, 3.05) is 13.1 Å². The van der Waals surface area contributed by atoms with E-state index < -0.39 is 0 Å². The summed E-state index contributed by atoms with van der Waals surface area (Å²) in [6, 6.07) is 6.55. The van der Waals surface area contributed by atoms with Gasteiger partial charge in [0.25, 0.3) is 0 Å². The van der Waals surface area contributed by atoms with Crippen molar-refractivity contribution in [2.45, 2.75) is 6.54 Å². The Hall–Kier alpha value is -1.66. The SMILES string of the molecule is N#Cc1ccc(CN2CC=CC2)c(F)c1. The molecule has 0 spiro atoms. The second-order valence-electron chi connectivity index (χ2n) is 3.58. The summed E-state index contributed by atoms with van der Waals surface area (Å²) in [7, 11) is 0. The van der Waals surface area contributed by atoms with Crippen molar-refractivity contribution in [3.8, 4) is 6.07 Å². The highest BCUT2D eigenvalue weighted by Crippen LogP contribution is 2.13. The molecule has 0 aliphatic carbocycles. The maximum Gasteiger partial charge on any atom is 0.129 e. The molecule has 0 atom stereocenters. The van der Waals surface area contributed by atoms with Crippen LogP contribution in [0.4, 0.5) is 4.39 Å². The Morgan fingerprint density at radius 1 is 1.33 bits per heavy atom. The van der Waals surface area contributed by atoms with Gasteiger partial charge in [0, 0.05) is 25.2 Å². The lowest BCUT2D eigenvalue weighted by Crippen LogP contribution is -2.19. The predicted octanol–water partition coefficient (Wildman–Crippen LogP) is 2.07. The van der Waals surface area contributed by atoms with Crippen molar-refractivity contribution < 1.29 is 4.39 Å². The molecule has 2 nitrogen and oxygen atoms in total. The lowest BCUT2D eigenvalue weighted by molar-refractivity contribution is 0.339. The molecule has 2 rings (SSSR count). The minimum absolute atomic E-state index is 0.291. The van der Waals surface area contributed by atoms with E-state index in [1.807, 2.05) is 6.07 Å². The van der Waals surface area contributed by atoms with Gasteiger partial charge in [-0.2, -0.15) is 5.26 Å². The fourth-order valence-corrected chi connectivity index (χ4v) is 1.64. The van der Waals surface area contributed by atoms with Crippen molar-refractivity contribution in [3.63, 3.8) is 0 Å². The highest BCUT2D eigenvalue weighted by molar-refractivity contribution is 5.32. The van der Waals surface area contributed by atoms with E-state index in [2.05, 4.69) is 17.1 Å². The van der Waals surface area contributed by atoms with E-state index in [4.69, 9.17) is 5.26 Å². The van der Waals surface area contributed by atoms with Gasteiger partial charge in [-0.3, -0.25) is 4.90 Å². The van der Waals surface area contributed by atoms with Crippen LogP contribution in [0, 0.1) is 17.1 Å². The summed E-state index contributed by atoms with van der Waals surface area (Å²) in [6.45, 7) is 2.35. The summed E-state index contributed by atoms with van der Waals surface area (Å²) >= 11 is 0. The minimum atomic E-state index is -0.291. The average molecular weight is 202 g/mol. The smallest absolute Gasteiger partial charge is 0.129 e. The van der Waals surface area contributed by atoms with E-state index >= 15 is 0 Å². The van der Waals surface area contributed by atoms with Crippen LogP contribution in [-0.2, 0) is 6.54 Å². The van der Waals surface area contributed by atoms with E-state index in [1.54, 1.807) is 12.1 Å². The number of nitriles is 1. The summed E-state index contributed by atoms with van der Waals surface area (Å²) < 4.78 is 13.5. The van der Waals surface area contributed by atoms with Crippen LogP contribution in [0.15, 0.2) is 30.4 Å². The molecule has 1 aromatic carbocycles.